The summed E-state index contributed by atoms with van der Waals surface area (Å²) >= 11 is 1.62. The van der Waals surface area contributed by atoms with Gasteiger partial charge in [0.25, 0.3) is 0 Å². The largest absolute Gasteiger partial charge is 0.382 e. The highest BCUT2D eigenvalue weighted by atomic mass is 32.1. The monoisotopic (exact) mass is 369 g/mol. The number of hydrogen-bond acceptors (Lipinski definition) is 5. The number of thiazole rings is 1. The highest BCUT2D eigenvalue weighted by Crippen LogP contribution is 2.33. The molecule has 0 atom stereocenters. The molecule has 2 N–H and O–H groups in total. The summed E-state index contributed by atoms with van der Waals surface area (Å²) < 4.78 is 5.46. The minimum Gasteiger partial charge on any atom is -0.382 e. The molecule has 1 aromatic carbocycles. The molecule has 4 rings (SSSR count). The summed E-state index contributed by atoms with van der Waals surface area (Å²) in [6.45, 7) is 2.04. The maximum absolute atomic E-state index is 12.2. The van der Waals surface area contributed by atoms with Crippen molar-refractivity contribution in [2.75, 3.05) is 12.4 Å². The molecule has 0 saturated heterocycles. The van der Waals surface area contributed by atoms with Gasteiger partial charge in [0.1, 0.15) is 0 Å². The Hall–Kier alpha value is -2.18. The molecule has 1 aliphatic carbocycles. The van der Waals surface area contributed by atoms with Crippen LogP contribution in [0.25, 0.3) is 21.3 Å². The van der Waals surface area contributed by atoms with E-state index in [4.69, 9.17) is 4.74 Å². The van der Waals surface area contributed by atoms with Gasteiger partial charge in [-0.1, -0.05) is 0 Å². The Morgan fingerprint density at radius 3 is 2.73 bits per heavy atom. The van der Waals surface area contributed by atoms with Crippen LogP contribution in [0, 0.1) is 6.92 Å². The molecule has 1 saturated carbocycles. The third kappa shape index (κ3) is 3.39. The van der Waals surface area contributed by atoms with E-state index in [2.05, 4.69) is 27.4 Å². The van der Waals surface area contributed by atoms with Gasteiger partial charge in [0.2, 0.25) is 5.56 Å². The lowest BCUT2D eigenvalue weighted by Gasteiger charge is -2.29. The van der Waals surface area contributed by atoms with Crippen LogP contribution in [0.5, 0.6) is 0 Å². The van der Waals surface area contributed by atoms with Crippen molar-refractivity contribution in [3.63, 3.8) is 0 Å². The number of H-pyrrole nitrogens is 1. The normalized spacial score (nSPS) is 20.4. The van der Waals surface area contributed by atoms with Crippen molar-refractivity contribution in [1.29, 1.82) is 0 Å². The first kappa shape index (κ1) is 17.2. The maximum Gasteiger partial charge on any atom is 0.250 e. The minimum absolute atomic E-state index is 0.0702. The van der Waals surface area contributed by atoms with Gasteiger partial charge in [0.15, 0.2) is 0 Å². The van der Waals surface area contributed by atoms with Crippen molar-refractivity contribution in [1.82, 2.24) is 9.97 Å². The van der Waals surface area contributed by atoms with E-state index >= 15 is 0 Å². The molecule has 6 heteroatoms. The summed E-state index contributed by atoms with van der Waals surface area (Å²) in [7, 11) is 1.78. The van der Waals surface area contributed by atoms with Crippen molar-refractivity contribution in [2.24, 2.45) is 0 Å². The Bertz CT molecular complexity index is 957. The number of rotatable bonds is 4. The fourth-order valence-electron chi connectivity index (χ4n) is 3.82. The third-order valence-electron chi connectivity index (χ3n) is 5.23. The second-order valence-corrected chi connectivity index (χ2v) is 7.87. The summed E-state index contributed by atoms with van der Waals surface area (Å²) in [4.78, 5) is 20.5. The number of nitrogens with one attached hydrogen (secondary N) is 2. The molecular formula is C20H23N3O2S. The van der Waals surface area contributed by atoms with Gasteiger partial charge in [0.05, 0.1) is 22.0 Å². The van der Waals surface area contributed by atoms with E-state index in [1.807, 2.05) is 18.6 Å². The molecule has 0 radical (unpaired) electrons. The van der Waals surface area contributed by atoms with Crippen LogP contribution in [0.4, 0.5) is 5.69 Å². The topological polar surface area (TPSA) is 67.0 Å². The lowest BCUT2D eigenvalue weighted by molar-refractivity contribution is 0.0682. The van der Waals surface area contributed by atoms with Crippen LogP contribution in [0.1, 0.15) is 31.2 Å². The first-order valence-corrected chi connectivity index (χ1v) is 9.88. The molecule has 0 aliphatic heterocycles. The van der Waals surface area contributed by atoms with E-state index in [-0.39, 0.29) is 5.56 Å². The van der Waals surface area contributed by atoms with Gasteiger partial charge in [-0.05, 0) is 55.9 Å². The number of hydrogen-bond donors (Lipinski definition) is 2. The summed E-state index contributed by atoms with van der Waals surface area (Å²) in [6, 6.07) is 6.31. The van der Waals surface area contributed by atoms with E-state index in [1.54, 1.807) is 24.5 Å². The lowest BCUT2D eigenvalue weighted by Crippen LogP contribution is -2.29. The summed E-state index contributed by atoms with van der Waals surface area (Å²) in [6.07, 6.45) is 6.47. The number of aromatic nitrogens is 2. The van der Waals surface area contributed by atoms with Crippen molar-refractivity contribution < 1.29 is 4.74 Å². The van der Waals surface area contributed by atoms with Crippen molar-refractivity contribution >= 4 is 27.9 Å². The molecule has 2 heterocycles. The number of nitrogens with zero attached hydrogens (tertiary/aromatic N) is 1. The smallest absolute Gasteiger partial charge is 0.250 e. The van der Waals surface area contributed by atoms with Gasteiger partial charge in [-0.25, -0.2) is 0 Å². The fourth-order valence-corrected chi connectivity index (χ4v) is 4.43. The number of ether oxygens (including phenoxy) is 1. The molecule has 5 nitrogen and oxygen atoms in total. The maximum atomic E-state index is 12.2. The second-order valence-electron chi connectivity index (χ2n) is 6.98. The molecule has 1 fully saturated rings. The molecule has 1 aliphatic rings. The molecule has 0 amide bonds. The van der Waals surface area contributed by atoms with Gasteiger partial charge < -0.3 is 15.0 Å². The van der Waals surface area contributed by atoms with Crippen LogP contribution in [0.15, 0.2) is 34.7 Å². The quantitative estimate of drug-likeness (QED) is 0.718. The van der Waals surface area contributed by atoms with E-state index in [9.17, 15) is 4.79 Å². The van der Waals surface area contributed by atoms with Crippen molar-refractivity contribution in [2.45, 2.75) is 44.8 Å². The van der Waals surface area contributed by atoms with Crippen LogP contribution in [-0.4, -0.2) is 29.2 Å². The molecule has 0 unspecified atom stereocenters. The van der Waals surface area contributed by atoms with Gasteiger partial charge in [-0.15, -0.1) is 11.3 Å². The predicted octanol–water partition coefficient (Wildman–Crippen LogP) is 4.33. The highest BCUT2D eigenvalue weighted by Gasteiger charge is 2.21. The number of anilines is 1. The average molecular weight is 369 g/mol. The number of fused-ring (bicyclic) bond motifs is 1. The molecule has 3 aromatic rings. The highest BCUT2D eigenvalue weighted by molar-refractivity contribution is 7.13. The van der Waals surface area contributed by atoms with Crippen LogP contribution >= 0.6 is 11.3 Å². The third-order valence-corrected chi connectivity index (χ3v) is 6.06. The zero-order valence-corrected chi connectivity index (χ0v) is 15.9. The zero-order chi connectivity index (χ0) is 18.1. The van der Waals surface area contributed by atoms with Crippen molar-refractivity contribution in [3.05, 3.63) is 45.8 Å². The predicted molar refractivity (Wildman–Crippen MR) is 107 cm³/mol. The standard InChI is InChI=1S/C20H23N3O2S/c1-12-7-13(18-10-21-11-26-18)8-16-17(9-19(24)23-20(12)16)22-14-3-5-15(25-2)6-4-14/h7-11,14-15H,3-6H2,1-2H3,(H2,22,23,24)/t14-,15+. The van der Waals surface area contributed by atoms with Gasteiger partial charge in [-0.2, -0.15) is 0 Å². The van der Waals surface area contributed by atoms with Gasteiger partial charge in [-0.3, -0.25) is 9.78 Å². The van der Waals surface area contributed by atoms with Crippen LogP contribution in [-0.2, 0) is 4.74 Å². The molecule has 0 bridgehead atoms. The number of benzene rings is 1. The fraction of sp³-hybridized carbons (Fsp3) is 0.400. The number of aromatic amines is 1. The zero-order valence-electron chi connectivity index (χ0n) is 15.0. The average Bonchev–Trinajstić information content (AvgIpc) is 3.18. The molecular weight excluding hydrogens is 346 g/mol. The van der Waals surface area contributed by atoms with E-state index in [1.165, 1.54) is 0 Å². The summed E-state index contributed by atoms with van der Waals surface area (Å²) in [5.41, 5.74) is 5.79. The van der Waals surface area contributed by atoms with E-state index in [0.717, 1.165) is 58.3 Å². The van der Waals surface area contributed by atoms with Crippen LogP contribution in [0.2, 0.25) is 0 Å². The van der Waals surface area contributed by atoms with Crippen LogP contribution < -0.4 is 10.9 Å². The van der Waals surface area contributed by atoms with E-state index in [0.29, 0.717) is 12.1 Å². The first-order chi connectivity index (χ1) is 12.6. The molecule has 26 heavy (non-hydrogen) atoms. The number of aryl methyl sites for hydroxylation is 1. The Morgan fingerprint density at radius 2 is 2.04 bits per heavy atom. The first-order valence-electron chi connectivity index (χ1n) is 9.00. The Morgan fingerprint density at radius 1 is 1.23 bits per heavy atom. The van der Waals surface area contributed by atoms with E-state index < -0.39 is 0 Å². The molecule has 0 spiro atoms. The summed E-state index contributed by atoms with van der Waals surface area (Å²) in [5.74, 6) is 0. The Kier molecular flexibility index (Phi) is 4.78. The summed E-state index contributed by atoms with van der Waals surface area (Å²) in [5, 5.41) is 4.68. The minimum atomic E-state index is -0.0702. The number of methoxy groups -OCH3 is 1. The SMILES string of the molecule is CO[C@H]1CC[C@@H](Nc2cc(=O)[nH]c3c(C)cc(-c4cncs4)cc23)CC1. The lowest BCUT2D eigenvalue weighted by atomic mass is 9.92. The second kappa shape index (κ2) is 7.21. The Labute approximate surface area is 156 Å². The Balaban J connectivity index is 1.72. The number of pyridine rings is 1. The van der Waals surface area contributed by atoms with Crippen LogP contribution in [0.3, 0.4) is 0 Å². The van der Waals surface area contributed by atoms with Crippen molar-refractivity contribution in [3.8, 4) is 10.4 Å². The van der Waals surface area contributed by atoms with Gasteiger partial charge >= 0.3 is 0 Å². The molecule has 136 valence electrons. The van der Waals surface area contributed by atoms with Gasteiger partial charge in [0, 0.05) is 36.5 Å². The molecule has 2 aromatic heterocycles.